The number of aromatic nitrogens is 1. The lowest BCUT2D eigenvalue weighted by molar-refractivity contribution is -0.145. The Morgan fingerprint density at radius 1 is 1.19 bits per heavy atom. The number of hydrogen-bond donors (Lipinski definition) is 4. The number of anilines is 1. The summed E-state index contributed by atoms with van der Waals surface area (Å²) in [7, 11) is 0. The van der Waals surface area contributed by atoms with E-state index in [1.807, 2.05) is 4.90 Å². The van der Waals surface area contributed by atoms with E-state index < -0.39 is 23.9 Å². The van der Waals surface area contributed by atoms with E-state index in [-0.39, 0.29) is 0 Å². The number of rotatable bonds is 6. The van der Waals surface area contributed by atoms with Gasteiger partial charge < -0.3 is 25.3 Å². The number of aliphatic carboxylic acids is 2. The van der Waals surface area contributed by atoms with Gasteiger partial charge in [0.1, 0.15) is 6.04 Å². The SMILES string of the molecule is O=C(O)/C=C/C(=O)Nc1ccc2[nH]cc([C@@H](C(=O)O)N3CCOCC3)c2c1. The van der Waals surface area contributed by atoms with E-state index in [9.17, 15) is 19.5 Å². The van der Waals surface area contributed by atoms with E-state index in [1.54, 1.807) is 24.4 Å². The van der Waals surface area contributed by atoms with Crippen molar-refractivity contribution in [2.45, 2.75) is 6.04 Å². The summed E-state index contributed by atoms with van der Waals surface area (Å²) < 4.78 is 5.30. The number of ether oxygens (including phenoxy) is 1. The number of aromatic amines is 1. The molecule has 1 amide bonds. The fourth-order valence-corrected chi connectivity index (χ4v) is 3.10. The lowest BCUT2D eigenvalue weighted by Crippen LogP contribution is -2.42. The zero-order valence-corrected chi connectivity index (χ0v) is 14.3. The first-order valence-electron chi connectivity index (χ1n) is 8.33. The van der Waals surface area contributed by atoms with Gasteiger partial charge in [-0.3, -0.25) is 14.5 Å². The fourth-order valence-electron chi connectivity index (χ4n) is 3.10. The summed E-state index contributed by atoms with van der Waals surface area (Å²) in [5.41, 5.74) is 1.77. The van der Waals surface area contributed by atoms with Crippen molar-refractivity contribution in [2.24, 2.45) is 0 Å². The summed E-state index contributed by atoms with van der Waals surface area (Å²) in [5.74, 6) is -2.77. The molecule has 4 N–H and O–H groups in total. The van der Waals surface area contributed by atoms with Gasteiger partial charge in [0.2, 0.25) is 5.91 Å². The maximum Gasteiger partial charge on any atom is 0.328 e. The molecule has 142 valence electrons. The van der Waals surface area contributed by atoms with Crippen LogP contribution in [-0.2, 0) is 19.1 Å². The molecular formula is C18H19N3O6. The molecule has 1 atom stereocenters. The minimum atomic E-state index is -1.22. The van der Waals surface area contributed by atoms with Crippen LogP contribution in [0.25, 0.3) is 10.9 Å². The van der Waals surface area contributed by atoms with Gasteiger partial charge in [0.05, 0.1) is 13.2 Å². The van der Waals surface area contributed by atoms with Gasteiger partial charge in [-0.05, 0) is 18.2 Å². The summed E-state index contributed by atoms with van der Waals surface area (Å²) in [4.78, 5) is 39.1. The Labute approximate surface area is 154 Å². The van der Waals surface area contributed by atoms with Crippen LogP contribution >= 0.6 is 0 Å². The summed E-state index contributed by atoms with van der Waals surface area (Å²) in [5, 5.41) is 21.6. The molecule has 2 heterocycles. The number of benzene rings is 1. The lowest BCUT2D eigenvalue weighted by atomic mass is 10.0. The average molecular weight is 373 g/mol. The van der Waals surface area contributed by atoms with Gasteiger partial charge in [0.15, 0.2) is 0 Å². The van der Waals surface area contributed by atoms with E-state index in [0.29, 0.717) is 42.9 Å². The van der Waals surface area contributed by atoms with Crippen LogP contribution < -0.4 is 5.32 Å². The number of nitrogens with zero attached hydrogens (tertiary/aromatic N) is 1. The van der Waals surface area contributed by atoms with Crippen LogP contribution in [0.2, 0.25) is 0 Å². The topological polar surface area (TPSA) is 132 Å². The minimum Gasteiger partial charge on any atom is -0.480 e. The summed E-state index contributed by atoms with van der Waals surface area (Å²) in [6.07, 6.45) is 3.32. The first-order chi connectivity index (χ1) is 13.0. The van der Waals surface area contributed by atoms with Gasteiger partial charge in [-0.1, -0.05) is 0 Å². The number of H-pyrrole nitrogens is 1. The Kier molecular flexibility index (Phi) is 5.53. The lowest BCUT2D eigenvalue weighted by Gasteiger charge is -2.31. The van der Waals surface area contributed by atoms with E-state index in [0.717, 1.165) is 17.7 Å². The number of morpholine rings is 1. The second kappa shape index (κ2) is 8.02. The predicted octanol–water partition coefficient (Wildman–Crippen LogP) is 1.21. The average Bonchev–Trinajstić information content (AvgIpc) is 3.04. The van der Waals surface area contributed by atoms with Crippen molar-refractivity contribution in [3.63, 3.8) is 0 Å². The molecule has 9 nitrogen and oxygen atoms in total. The Morgan fingerprint density at radius 3 is 2.59 bits per heavy atom. The van der Waals surface area contributed by atoms with Crippen LogP contribution in [0, 0.1) is 0 Å². The molecule has 27 heavy (non-hydrogen) atoms. The molecular weight excluding hydrogens is 354 g/mol. The molecule has 0 radical (unpaired) electrons. The number of amides is 1. The number of carbonyl (C=O) groups excluding carboxylic acids is 1. The van der Waals surface area contributed by atoms with Gasteiger partial charge in [0, 0.05) is 53.6 Å². The molecule has 1 fully saturated rings. The second-order valence-corrected chi connectivity index (χ2v) is 6.05. The molecule has 3 rings (SSSR count). The molecule has 1 saturated heterocycles. The van der Waals surface area contributed by atoms with Crippen molar-refractivity contribution >= 4 is 34.4 Å². The molecule has 2 aromatic rings. The van der Waals surface area contributed by atoms with Crippen LogP contribution in [0.15, 0.2) is 36.5 Å². The summed E-state index contributed by atoms with van der Waals surface area (Å²) in [6, 6.07) is 4.22. The first kappa shape index (κ1) is 18.6. The number of carbonyl (C=O) groups is 3. The minimum absolute atomic E-state index is 0.439. The van der Waals surface area contributed by atoms with Crippen molar-refractivity contribution in [3.8, 4) is 0 Å². The van der Waals surface area contributed by atoms with Gasteiger partial charge >= 0.3 is 11.9 Å². The Hall–Kier alpha value is -3.17. The predicted molar refractivity (Wildman–Crippen MR) is 96.5 cm³/mol. The van der Waals surface area contributed by atoms with Crippen LogP contribution in [0.4, 0.5) is 5.69 Å². The molecule has 0 spiro atoms. The molecule has 0 aliphatic carbocycles. The van der Waals surface area contributed by atoms with Crippen molar-refractivity contribution in [3.05, 3.63) is 42.1 Å². The molecule has 1 aromatic heterocycles. The third-order valence-corrected chi connectivity index (χ3v) is 4.30. The third-order valence-electron chi connectivity index (χ3n) is 4.30. The van der Waals surface area contributed by atoms with E-state index in [2.05, 4.69) is 10.3 Å². The monoisotopic (exact) mass is 373 g/mol. The number of carboxylic acids is 2. The number of carboxylic acid groups (broad SMARTS) is 2. The normalized spacial score (nSPS) is 16.4. The highest BCUT2D eigenvalue weighted by molar-refractivity contribution is 6.03. The first-order valence-corrected chi connectivity index (χ1v) is 8.33. The Balaban J connectivity index is 1.90. The maximum atomic E-state index is 11.9. The van der Waals surface area contributed by atoms with Gasteiger partial charge in [0.25, 0.3) is 0 Å². The summed E-state index contributed by atoms with van der Waals surface area (Å²) >= 11 is 0. The van der Waals surface area contributed by atoms with Crippen molar-refractivity contribution < 1.29 is 29.3 Å². The molecule has 0 bridgehead atoms. The van der Waals surface area contributed by atoms with Crippen LogP contribution in [0.1, 0.15) is 11.6 Å². The second-order valence-electron chi connectivity index (χ2n) is 6.05. The number of hydrogen-bond acceptors (Lipinski definition) is 5. The van der Waals surface area contributed by atoms with Crippen molar-refractivity contribution in [1.82, 2.24) is 9.88 Å². The standard InChI is InChI=1S/C18H19N3O6/c22-15(3-4-16(23)24)20-11-1-2-14-12(9-11)13(10-19-14)17(18(25)26)21-5-7-27-8-6-21/h1-4,9-10,17,19H,5-8H2,(H,20,22)(H,23,24)(H,25,26)/b4-3+/t17-/m0/s1. The van der Waals surface area contributed by atoms with Crippen molar-refractivity contribution in [2.75, 3.05) is 31.6 Å². The molecule has 1 aliphatic rings. The highest BCUT2D eigenvalue weighted by Crippen LogP contribution is 2.31. The smallest absolute Gasteiger partial charge is 0.328 e. The van der Waals surface area contributed by atoms with Crippen molar-refractivity contribution in [1.29, 1.82) is 0 Å². The third kappa shape index (κ3) is 4.33. The van der Waals surface area contributed by atoms with Gasteiger partial charge in [-0.15, -0.1) is 0 Å². The Bertz CT molecular complexity index is 898. The van der Waals surface area contributed by atoms with Gasteiger partial charge in [-0.2, -0.15) is 0 Å². The van der Waals surface area contributed by atoms with Crippen LogP contribution in [-0.4, -0.2) is 64.2 Å². The summed E-state index contributed by atoms with van der Waals surface area (Å²) in [6.45, 7) is 1.98. The van der Waals surface area contributed by atoms with E-state index in [1.165, 1.54) is 0 Å². The zero-order valence-electron chi connectivity index (χ0n) is 14.3. The molecule has 9 heteroatoms. The molecule has 0 saturated carbocycles. The van der Waals surface area contributed by atoms with Gasteiger partial charge in [-0.25, -0.2) is 4.79 Å². The largest absolute Gasteiger partial charge is 0.480 e. The maximum absolute atomic E-state index is 11.9. The zero-order chi connectivity index (χ0) is 19.4. The van der Waals surface area contributed by atoms with Crippen LogP contribution in [0.5, 0.6) is 0 Å². The highest BCUT2D eigenvalue weighted by Gasteiger charge is 2.30. The number of nitrogens with one attached hydrogen (secondary N) is 2. The number of fused-ring (bicyclic) bond motifs is 1. The van der Waals surface area contributed by atoms with Crippen LogP contribution in [0.3, 0.4) is 0 Å². The molecule has 1 aromatic carbocycles. The van der Waals surface area contributed by atoms with E-state index in [4.69, 9.17) is 9.84 Å². The van der Waals surface area contributed by atoms with E-state index >= 15 is 0 Å². The Morgan fingerprint density at radius 2 is 1.93 bits per heavy atom. The molecule has 0 unspecified atom stereocenters. The molecule has 1 aliphatic heterocycles. The highest BCUT2D eigenvalue weighted by atomic mass is 16.5. The quantitative estimate of drug-likeness (QED) is 0.560. The fraction of sp³-hybridized carbons (Fsp3) is 0.278.